The van der Waals surface area contributed by atoms with Crippen molar-refractivity contribution in [2.75, 3.05) is 17.3 Å². The number of hydrogen-bond acceptors (Lipinski definition) is 6. The normalized spacial score (nSPS) is 10.8. The first-order valence-corrected chi connectivity index (χ1v) is 8.67. The van der Waals surface area contributed by atoms with Gasteiger partial charge in [-0.25, -0.2) is 15.0 Å². The number of pyridine rings is 1. The monoisotopic (exact) mass is 371 g/mol. The van der Waals surface area contributed by atoms with Crippen molar-refractivity contribution >= 4 is 39.9 Å². The van der Waals surface area contributed by atoms with Crippen molar-refractivity contribution in [3.8, 4) is 6.07 Å². The maximum absolute atomic E-state index is 12.0. The van der Waals surface area contributed by atoms with Crippen LogP contribution in [0.5, 0.6) is 0 Å². The average Bonchev–Trinajstić information content (AvgIpc) is 3.19. The van der Waals surface area contributed by atoms with Gasteiger partial charge in [-0.15, -0.1) is 0 Å². The van der Waals surface area contributed by atoms with Crippen LogP contribution in [0.15, 0.2) is 48.9 Å². The van der Waals surface area contributed by atoms with E-state index in [1.807, 2.05) is 41.7 Å². The first-order valence-electron chi connectivity index (χ1n) is 8.67. The Morgan fingerprint density at radius 2 is 2.07 bits per heavy atom. The molecule has 0 radical (unpaired) electrons. The van der Waals surface area contributed by atoms with E-state index in [2.05, 4.69) is 15.3 Å². The van der Waals surface area contributed by atoms with Crippen molar-refractivity contribution in [1.82, 2.24) is 19.4 Å². The molecule has 3 heterocycles. The zero-order valence-electron chi connectivity index (χ0n) is 15.4. The van der Waals surface area contributed by atoms with E-state index < -0.39 is 0 Å². The molecule has 0 atom stereocenters. The number of nitrogens with zero attached hydrogens (tertiary/aromatic N) is 6. The van der Waals surface area contributed by atoms with E-state index in [0.29, 0.717) is 22.8 Å². The van der Waals surface area contributed by atoms with Gasteiger partial charge in [-0.1, -0.05) is 18.2 Å². The summed E-state index contributed by atoms with van der Waals surface area (Å²) < 4.78 is 1.83. The van der Waals surface area contributed by atoms with Gasteiger partial charge in [-0.05, 0) is 30.7 Å². The number of anilines is 3. The van der Waals surface area contributed by atoms with Gasteiger partial charge in [0.05, 0.1) is 12.3 Å². The minimum absolute atomic E-state index is 0.200. The lowest BCUT2D eigenvalue weighted by Crippen LogP contribution is -2.26. The molecule has 0 spiro atoms. The number of carbonyl (C=O) groups excluding carboxylic acids is 1. The fraction of sp³-hybridized carbons (Fsp3) is 0.150. The minimum Gasteiger partial charge on any atom is -0.338 e. The third-order valence-corrected chi connectivity index (χ3v) is 4.53. The van der Waals surface area contributed by atoms with Crippen LogP contribution in [-0.2, 0) is 4.79 Å². The van der Waals surface area contributed by atoms with Crippen LogP contribution in [0, 0.1) is 18.3 Å². The smallest absolute Gasteiger partial charge is 0.242 e. The molecule has 138 valence electrons. The number of nitriles is 1. The largest absolute Gasteiger partial charge is 0.338 e. The van der Waals surface area contributed by atoms with Crippen LogP contribution in [0.3, 0.4) is 0 Å². The standard InChI is InChI=1S/C20H17N7O/c1-13-5-3-4-6-14(13)23-19-16-11-22-12-27(16)20-15(24-19)7-8-17(25-20)26(2)18(28)9-10-21/h3-8,11-12H,9H2,1-2H3,(H,23,24). The summed E-state index contributed by atoms with van der Waals surface area (Å²) in [5, 5.41) is 12.1. The number of nitrogens with one attached hydrogen (secondary N) is 1. The first kappa shape index (κ1) is 17.4. The number of rotatable bonds is 4. The summed E-state index contributed by atoms with van der Waals surface area (Å²) in [6, 6.07) is 13.3. The molecule has 0 unspecified atom stereocenters. The predicted molar refractivity (Wildman–Crippen MR) is 106 cm³/mol. The number of imidazole rings is 1. The lowest BCUT2D eigenvalue weighted by Gasteiger charge is -2.16. The Hall–Kier alpha value is -3.99. The highest BCUT2D eigenvalue weighted by Crippen LogP contribution is 2.26. The Bertz CT molecular complexity index is 1240. The van der Waals surface area contributed by atoms with Gasteiger partial charge in [0.2, 0.25) is 5.91 Å². The third-order valence-electron chi connectivity index (χ3n) is 4.53. The highest BCUT2D eigenvalue weighted by Gasteiger charge is 2.15. The maximum atomic E-state index is 12.0. The Morgan fingerprint density at radius 1 is 1.25 bits per heavy atom. The van der Waals surface area contributed by atoms with Gasteiger partial charge in [0.1, 0.15) is 29.6 Å². The van der Waals surface area contributed by atoms with Gasteiger partial charge in [-0.3, -0.25) is 14.1 Å². The van der Waals surface area contributed by atoms with Crippen molar-refractivity contribution in [3.05, 3.63) is 54.5 Å². The van der Waals surface area contributed by atoms with E-state index in [-0.39, 0.29) is 12.3 Å². The number of fused-ring (bicyclic) bond motifs is 3. The van der Waals surface area contributed by atoms with Gasteiger partial charge >= 0.3 is 0 Å². The fourth-order valence-corrected chi connectivity index (χ4v) is 2.95. The second kappa shape index (κ2) is 6.96. The Labute approximate surface area is 161 Å². The number of benzene rings is 1. The van der Waals surface area contributed by atoms with E-state index in [9.17, 15) is 4.79 Å². The predicted octanol–water partition coefficient (Wildman–Crippen LogP) is 3.21. The molecule has 28 heavy (non-hydrogen) atoms. The lowest BCUT2D eigenvalue weighted by molar-refractivity contribution is -0.117. The summed E-state index contributed by atoms with van der Waals surface area (Å²) in [6.07, 6.45) is 3.18. The first-order chi connectivity index (χ1) is 13.6. The molecular weight excluding hydrogens is 354 g/mol. The summed E-state index contributed by atoms with van der Waals surface area (Å²) in [7, 11) is 1.60. The molecule has 0 aliphatic heterocycles. The topological polar surface area (TPSA) is 99.2 Å². The Kier molecular flexibility index (Phi) is 4.33. The van der Waals surface area contributed by atoms with Gasteiger partial charge in [0.15, 0.2) is 11.5 Å². The second-order valence-electron chi connectivity index (χ2n) is 6.35. The molecule has 0 saturated heterocycles. The molecular formula is C20H17N7O. The minimum atomic E-state index is -0.318. The molecule has 0 saturated carbocycles. The van der Waals surface area contributed by atoms with E-state index in [1.54, 1.807) is 31.7 Å². The van der Waals surface area contributed by atoms with E-state index >= 15 is 0 Å². The Balaban J connectivity index is 1.82. The van der Waals surface area contributed by atoms with E-state index in [4.69, 9.17) is 10.2 Å². The summed E-state index contributed by atoms with van der Waals surface area (Å²) in [5.41, 5.74) is 4.08. The molecule has 8 nitrogen and oxygen atoms in total. The van der Waals surface area contributed by atoms with Crippen molar-refractivity contribution < 1.29 is 4.79 Å². The third kappa shape index (κ3) is 2.99. The fourth-order valence-electron chi connectivity index (χ4n) is 2.95. The van der Waals surface area contributed by atoms with Gasteiger partial charge < -0.3 is 5.32 Å². The van der Waals surface area contributed by atoms with E-state index in [0.717, 1.165) is 16.8 Å². The lowest BCUT2D eigenvalue weighted by atomic mass is 10.2. The number of aryl methyl sites for hydroxylation is 1. The summed E-state index contributed by atoms with van der Waals surface area (Å²) in [5.74, 6) is 0.800. The van der Waals surface area contributed by atoms with Crippen LogP contribution < -0.4 is 10.2 Å². The van der Waals surface area contributed by atoms with Crippen LogP contribution in [0.1, 0.15) is 12.0 Å². The van der Waals surface area contributed by atoms with E-state index in [1.165, 1.54) is 4.90 Å². The van der Waals surface area contributed by atoms with Crippen molar-refractivity contribution in [2.45, 2.75) is 13.3 Å². The summed E-state index contributed by atoms with van der Waals surface area (Å²) in [6.45, 7) is 2.03. The molecule has 8 heteroatoms. The van der Waals surface area contributed by atoms with Gasteiger partial charge in [-0.2, -0.15) is 5.26 Å². The summed E-state index contributed by atoms with van der Waals surface area (Å²) >= 11 is 0. The molecule has 1 N–H and O–H groups in total. The van der Waals surface area contributed by atoms with Gasteiger partial charge in [0.25, 0.3) is 0 Å². The molecule has 1 aromatic carbocycles. The zero-order chi connectivity index (χ0) is 19.7. The van der Waals surface area contributed by atoms with Crippen LogP contribution in [0.25, 0.3) is 16.7 Å². The number of hydrogen-bond donors (Lipinski definition) is 1. The molecule has 0 aliphatic rings. The zero-order valence-corrected chi connectivity index (χ0v) is 15.4. The molecule has 1 amide bonds. The molecule has 0 aliphatic carbocycles. The molecule has 4 aromatic rings. The number of aromatic nitrogens is 4. The molecule has 3 aromatic heterocycles. The maximum Gasteiger partial charge on any atom is 0.242 e. The molecule has 4 rings (SSSR count). The van der Waals surface area contributed by atoms with Crippen molar-refractivity contribution in [2.24, 2.45) is 0 Å². The Morgan fingerprint density at radius 3 is 2.86 bits per heavy atom. The number of carbonyl (C=O) groups is 1. The number of amides is 1. The SMILES string of the molecule is Cc1ccccc1Nc1nc2ccc(N(C)C(=O)CC#N)nc2n2cncc12. The van der Waals surface area contributed by atoms with Crippen LogP contribution in [0.2, 0.25) is 0 Å². The molecule has 0 fully saturated rings. The van der Waals surface area contributed by atoms with Crippen LogP contribution in [-0.4, -0.2) is 32.3 Å². The van der Waals surface area contributed by atoms with Crippen molar-refractivity contribution in [3.63, 3.8) is 0 Å². The number of para-hydroxylation sites is 1. The summed E-state index contributed by atoms with van der Waals surface area (Å²) in [4.78, 5) is 26.9. The average molecular weight is 371 g/mol. The van der Waals surface area contributed by atoms with Crippen LogP contribution >= 0.6 is 0 Å². The highest BCUT2D eigenvalue weighted by atomic mass is 16.2. The van der Waals surface area contributed by atoms with Crippen molar-refractivity contribution in [1.29, 1.82) is 5.26 Å². The van der Waals surface area contributed by atoms with Gasteiger partial charge in [0, 0.05) is 12.7 Å². The second-order valence-corrected chi connectivity index (χ2v) is 6.35. The quantitative estimate of drug-likeness (QED) is 0.591. The van der Waals surface area contributed by atoms with Crippen LogP contribution in [0.4, 0.5) is 17.3 Å². The molecule has 0 bridgehead atoms. The highest BCUT2D eigenvalue weighted by molar-refractivity contribution is 5.94.